The molecule has 4 heteroatoms. The monoisotopic (exact) mass is 257 g/mol. The van der Waals surface area contributed by atoms with Gasteiger partial charge in [-0.1, -0.05) is 0 Å². The molecule has 1 aliphatic rings. The Hall–Kier alpha value is -1.81. The summed E-state index contributed by atoms with van der Waals surface area (Å²) in [4.78, 5) is 0. The second-order valence-corrected chi connectivity index (χ2v) is 5.10. The van der Waals surface area contributed by atoms with Crippen molar-refractivity contribution in [2.45, 2.75) is 26.8 Å². The van der Waals surface area contributed by atoms with E-state index in [0.29, 0.717) is 6.54 Å². The molecule has 0 saturated heterocycles. The fourth-order valence-corrected chi connectivity index (χ4v) is 2.88. The van der Waals surface area contributed by atoms with E-state index in [-0.39, 0.29) is 0 Å². The van der Waals surface area contributed by atoms with Crippen molar-refractivity contribution in [1.29, 1.82) is 0 Å². The van der Waals surface area contributed by atoms with Gasteiger partial charge < -0.3 is 10.5 Å². The fourth-order valence-electron chi connectivity index (χ4n) is 2.88. The van der Waals surface area contributed by atoms with Gasteiger partial charge >= 0.3 is 0 Å². The number of nitrogens with two attached hydrogens (primary N) is 1. The van der Waals surface area contributed by atoms with Gasteiger partial charge in [0.1, 0.15) is 5.75 Å². The maximum atomic E-state index is 5.85. The molecule has 0 aliphatic carbocycles. The van der Waals surface area contributed by atoms with Crippen LogP contribution in [-0.2, 0) is 20.0 Å². The molecule has 2 N–H and O–H groups in total. The highest BCUT2D eigenvalue weighted by Gasteiger charge is 2.20. The molecule has 1 aliphatic heterocycles. The summed E-state index contributed by atoms with van der Waals surface area (Å²) in [6.45, 7) is 5.42. The van der Waals surface area contributed by atoms with Gasteiger partial charge in [0.2, 0.25) is 0 Å². The topological polar surface area (TPSA) is 53.1 Å². The van der Waals surface area contributed by atoms with Crippen LogP contribution in [0.3, 0.4) is 0 Å². The first-order valence-electron chi connectivity index (χ1n) is 6.61. The van der Waals surface area contributed by atoms with Gasteiger partial charge in [0.25, 0.3) is 0 Å². The van der Waals surface area contributed by atoms with E-state index in [1.807, 2.05) is 18.7 Å². The Morgan fingerprint density at radius 3 is 2.79 bits per heavy atom. The molecule has 4 nitrogen and oxygen atoms in total. The third-order valence-electron chi connectivity index (χ3n) is 3.88. The van der Waals surface area contributed by atoms with Gasteiger partial charge in [0.05, 0.1) is 12.3 Å². The van der Waals surface area contributed by atoms with Gasteiger partial charge in [-0.3, -0.25) is 4.68 Å². The van der Waals surface area contributed by atoms with Crippen LogP contribution in [0.2, 0.25) is 0 Å². The third kappa shape index (κ3) is 1.83. The molecule has 0 bridgehead atoms. The van der Waals surface area contributed by atoms with Crippen LogP contribution < -0.4 is 10.5 Å². The Morgan fingerprint density at radius 1 is 1.37 bits per heavy atom. The molecule has 0 spiro atoms. The lowest BCUT2D eigenvalue weighted by molar-refractivity contribution is 0.353. The molecule has 2 heterocycles. The number of aryl methyl sites for hydroxylation is 2. The van der Waals surface area contributed by atoms with Crippen molar-refractivity contribution in [2.24, 2.45) is 12.8 Å². The fraction of sp³-hybridized carbons (Fsp3) is 0.400. The maximum Gasteiger partial charge on any atom is 0.127 e. The van der Waals surface area contributed by atoms with Gasteiger partial charge in [-0.15, -0.1) is 0 Å². The lowest BCUT2D eigenvalue weighted by Gasteiger charge is -2.10. The second kappa shape index (κ2) is 4.38. The van der Waals surface area contributed by atoms with Crippen molar-refractivity contribution in [3.8, 4) is 16.9 Å². The lowest BCUT2D eigenvalue weighted by Crippen LogP contribution is -2.00. The zero-order valence-electron chi connectivity index (χ0n) is 11.7. The number of benzene rings is 1. The average molecular weight is 257 g/mol. The summed E-state index contributed by atoms with van der Waals surface area (Å²) in [5, 5.41) is 4.49. The van der Waals surface area contributed by atoms with Gasteiger partial charge in [-0.05, 0) is 37.1 Å². The quantitative estimate of drug-likeness (QED) is 0.896. The molecule has 0 radical (unpaired) electrons. The second-order valence-electron chi connectivity index (χ2n) is 5.10. The Morgan fingerprint density at radius 2 is 2.16 bits per heavy atom. The maximum absolute atomic E-state index is 5.85. The Bertz CT molecular complexity index is 643. The van der Waals surface area contributed by atoms with Crippen molar-refractivity contribution >= 4 is 0 Å². The van der Waals surface area contributed by atoms with Gasteiger partial charge in [0, 0.05) is 36.8 Å². The van der Waals surface area contributed by atoms with Crippen LogP contribution in [-0.4, -0.2) is 16.4 Å². The molecule has 100 valence electrons. The highest BCUT2D eigenvalue weighted by Crippen LogP contribution is 2.36. The highest BCUT2D eigenvalue weighted by molar-refractivity contribution is 5.72. The van der Waals surface area contributed by atoms with Crippen molar-refractivity contribution in [3.63, 3.8) is 0 Å². The van der Waals surface area contributed by atoms with Crippen LogP contribution >= 0.6 is 0 Å². The standard InChI is InChI=1S/C15H19N3O/c1-9-14(10(2)18(3)17-9)12-6-11-4-5-19-15(11)13(7-12)8-16/h6-7H,4-5,8,16H2,1-3H3. The molecular formula is C15H19N3O. The largest absolute Gasteiger partial charge is 0.493 e. The zero-order valence-corrected chi connectivity index (χ0v) is 11.7. The van der Waals surface area contributed by atoms with Crippen LogP contribution in [0.4, 0.5) is 0 Å². The third-order valence-corrected chi connectivity index (χ3v) is 3.88. The first-order valence-corrected chi connectivity index (χ1v) is 6.61. The number of ether oxygens (including phenoxy) is 1. The van der Waals surface area contributed by atoms with E-state index in [9.17, 15) is 0 Å². The molecule has 1 aromatic carbocycles. The Labute approximate surface area is 113 Å². The predicted octanol–water partition coefficient (Wildman–Crippen LogP) is 2.10. The van der Waals surface area contributed by atoms with Crippen molar-refractivity contribution in [1.82, 2.24) is 9.78 Å². The summed E-state index contributed by atoms with van der Waals surface area (Å²) in [6.07, 6.45) is 0.967. The summed E-state index contributed by atoms with van der Waals surface area (Å²) in [7, 11) is 1.98. The molecule has 0 atom stereocenters. The minimum atomic E-state index is 0.508. The van der Waals surface area contributed by atoms with E-state index in [2.05, 4.69) is 24.2 Å². The first-order chi connectivity index (χ1) is 9.11. The SMILES string of the molecule is Cc1nn(C)c(C)c1-c1cc(CN)c2c(c1)CCO2. The molecule has 1 aromatic heterocycles. The molecular weight excluding hydrogens is 238 g/mol. The van der Waals surface area contributed by atoms with E-state index in [1.165, 1.54) is 22.4 Å². The predicted molar refractivity (Wildman–Crippen MR) is 75.2 cm³/mol. The van der Waals surface area contributed by atoms with Gasteiger partial charge in [-0.2, -0.15) is 5.10 Å². The smallest absolute Gasteiger partial charge is 0.127 e. The Kier molecular flexibility index (Phi) is 2.82. The molecule has 0 fully saturated rings. The summed E-state index contributed by atoms with van der Waals surface area (Å²) in [5.41, 5.74) is 12.9. The summed E-state index contributed by atoms with van der Waals surface area (Å²) >= 11 is 0. The minimum Gasteiger partial charge on any atom is -0.493 e. The van der Waals surface area contributed by atoms with Crippen LogP contribution in [0.5, 0.6) is 5.75 Å². The number of fused-ring (bicyclic) bond motifs is 1. The van der Waals surface area contributed by atoms with Crippen LogP contribution in [0.1, 0.15) is 22.5 Å². The average Bonchev–Trinajstić information content (AvgIpc) is 2.94. The number of aromatic nitrogens is 2. The van der Waals surface area contributed by atoms with E-state index in [1.54, 1.807) is 0 Å². The summed E-state index contributed by atoms with van der Waals surface area (Å²) in [6, 6.07) is 4.36. The lowest BCUT2D eigenvalue weighted by atomic mass is 9.97. The summed E-state index contributed by atoms with van der Waals surface area (Å²) in [5.74, 6) is 0.991. The van der Waals surface area contributed by atoms with E-state index in [0.717, 1.165) is 30.0 Å². The van der Waals surface area contributed by atoms with Crippen LogP contribution in [0.15, 0.2) is 12.1 Å². The minimum absolute atomic E-state index is 0.508. The molecule has 2 aromatic rings. The molecule has 0 saturated carbocycles. The normalized spacial score (nSPS) is 13.5. The molecule has 3 rings (SSSR count). The molecule has 0 amide bonds. The van der Waals surface area contributed by atoms with E-state index in [4.69, 9.17) is 10.5 Å². The summed E-state index contributed by atoms with van der Waals surface area (Å²) < 4.78 is 7.60. The molecule has 19 heavy (non-hydrogen) atoms. The van der Waals surface area contributed by atoms with Gasteiger partial charge in [0.15, 0.2) is 0 Å². The van der Waals surface area contributed by atoms with Crippen LogP contribution in [0, 0.1) is 13.8 Å². The zero-order chi connectivity index (χ0) is 13.6. The Balaban J connectivity index is 2.21. The van der Waals surface area contributed by atoms with E-state index < -0.39 is 0 Å². The number of nitrogens with zero attached hydrogens (tertiary/aromatic N) is 2. The number of rotatable bonds is 2. The first kappa shape index (κ1) is 12.2. The van der Waals surface area contributed by atoms with Crippen molar-refractivity contribution < 1.29 is 4.74 Å². The number of hydrogen-bond donors (Lipinski definition) is 1. The van der Waals surface area contributed by atoms with Crippen LogP contribution in [0.25, 0.3) is 11.1 Å². The van der Waals surface area contributed by atoms with Crippen molar-refractivity contribution in [2.75, 3.05) is 6.61 Å². The van der Waals surface area contributed by atoms with Gasteiger partial charge in [-0.25, -0.2) is 0 Å². The molecule has 0 unspecified atom stereocenters. The highest BCUT2D eigenvalue weighted by atomic mass is 16.5. The van der Waals surface area contributed by atoms with Crippen molar-refractivity contribution in [3.05, 3.63) is 34.6 Å². The van der Waals surface area contributed by atoms with E-state index >= 15 is 0 Å². The number of hydrogen-bond acceptors (Lipinski definition) is 3.